The first-order valence-electron chi connectivity index (χ1n) is 13.1. The summed E-state index contributed by atoms with van der Waals surface area (Å²) < 4.78 is 0. The molecule has 0 bridgehead atoms. The van der Waals surface area contributed by atoms with Gasteiger partial charge in [-0.3, -0.25) is 0 Å². The van der Waals surface area contributed by atoms with Crippen LogP contribution in [0.3, 0.4) is 0 Å². The zero-order chi connectivity index (χ0) is 28.6. The van der Waals surface area contributed by atoms with Gasteiger partial charge in [0, 0.05) is 37.4 Å². The van der Waals surface area contributed by atoms with Crippen molar-refractivity contribution in [3.05, 3.63) is 81.3 Å². The van der Waals surface area contributed by atoms with Crippen molar-refractivity contribution in [3.63, 3.8) is 0 Å². The number of anilines is 3. The van der Waals surface area contributed by atoms with Gasteiger partial charge in [-0.15, -0.1) is 0 Å². The molecule has 0 aliphatic carbocycles. The molecule has 1 atom stereocenters. The van der Waals surface area contributed by atoms with E-state index in [2.05, 4.69) is 58.2 Å². The molecule has 1 saturated heterocycles. The summed E-state index contributed by atoms with van der Waals surface area (Å²) in [5.74, 6) is -0.611. The molecule has 0 spiro atoms. The van der Waals surface area contributed by atoms with E-state index in [1.54, 1.807) is 12.1 Å². The normalized spacial score (nSPS) is 14.2. The average Bonchev–Trinajstić information content (AvgIpc) is 2.93. The summed E-state index contributed by atoms with van der Waals surface area (Å²) in [5, 5.41) is 23.0. The van der Waals surface area contributed by atoms with Gasteiger partial charge in [-0.05, 0) is 62.6 Å². The SMILES string of the molecule is Cc1cc([C@@H](C)Nc2ccc(Cl)nc2C(=O)O)c2nc(N3CCN(c4c(C)cccc4C)CC3)c(C#N)nc2c1. The number of carboxylic acid groups (broad SMARTS) is 1. The Morgan fingerprint density at radius 3 is 2.35 bits per heavy atom. The molecule has 40 heavy (non-hydrogen) atoms. The number of nitriles is 1. The first kappa shape index (κ1) is 27.2. The number of fused-ring (bicyclic) bond motifs is 1. The summed E-state index contributed by atoms with van der Waals surface area (Å²) in [7, 11) is 0. The van der Waals surface area contributed by atoms with Gasteiger partial charge in [0.1, 0.15) is 11.2 Å². The number of pyridine rings is 1. The maximum absolute atomic E-state index is 11.8. The molecule has 1 aliphatic heterocycles. The number of carboxylic acids is 1. The fourth-order valence-corrected chi connectivity index (χ4v) is 5.57. The van der Waals surface area contributed by atoms with E-state index < -0.39 is 5.97 Å². The summed E-state index contributed by atoms with van der Waals surface area (Å²) in [6.45, 7) is 11.2. The minimum absolute atomic E-state index is 0.105. The Morgan fingerprint density at radius 2 is 1.70 bits per heavy atom. The van der Waals surface area contributed by atoms with Gasteiger partial charge in [-0.1, -0.05) is 35.9 Å². The van der Waals surface area contributed by atoms with Gasteiger partial charge in [0.25, 0.3) is 0 Å². The van der Waals surface area contributed by atoms with Crippen LogP contribution in [-0.4, -0.2) is 52.2 Å². The Bertz CT molecular complexity index is 1640. The smallest absolute Gasteiger partial charge is 0.356 e. The standard InChI is InChI=1S/C30H30ClN7O2/c1-17-14-21(20(4)33-22-8-9-25(31)35-27(22)30(39)40)26-23(15-17)34-24(16-32)29(36-26)38-12-10-37(11-13-38)28-18(2)6-5-7-19(28)3/h5-9,14-15,20,33H,10-13H2,1-4H3,(H,39,40)/t20-/m1/s1. The van der Waals surface area contributed by atoms with Crippen LogP contribution in [0, 0.1) is 32.1 Å². The molecular weight excluding hydrogens is 526 g/mol. The molecule has 204 valence electrons. The number of hydrogen-bond acceptors (Lipinski definition) is 8. The second-order valence-electron chi connectivity index (χ2n) is 10.1. The van der Waals surface area contributed by atoms with Crippen LogP contribution in [-0.2, 0) is 0 Å². The highest BCUT2D eigenvalue weighted by Gasteiger charge is 2.25. The number of piperazine rings is 1. The Kier molecular flexibility index (Phi) is 7.46. The maximum atomic E-state index is 11.8. The molecular formula is C30H30ClN7O2. The van der Waals surface area contributed by atoms with Crippen molar-refractivity contribution in [2.45, 2.75) is 33.7 Å². The molecule has 0 amide bonds. The van der Waals surface area contributed by atoms with E-state index in [-0.39, 0.29) is 16.9 Å². The summed E-state index contributed by atoms with van der Waals surface area (Å²) in [6, 6.07) is 15.3. The highest BCUT2D eigenvalue weighted by atomic mass is 35.5. The van der Waals surface area contributed by atoms with E-state index in [0.29, 0.717) is 41.3 Å². The van der Waals surface area contributed by atoms with Crippen LogP contribution >= 0.6 is 11.6 Å². The quantitative estimate of drug-likeness (QED) is 0.290. The number of carbonyl (C=O) groups is 1. The number of aryl methyl sites for hydroxylation is 3. The summed E-state index contributed by atoms with van der Waals surface area (Å²) >= 11 is 5.94. The van der Waals surface area contributed by atoms with Crippen molar-refractivity contribution in [1.82, 2.24) is 15.0 Å². The summed E-state index contributed by atoms with van der Waals surface area (Å²) in [6.07, 6.45) is 0. The van der Waals surface area contributed by atoms with E-state index >= 15 is 0 Å². The van der Waals surface area contributed by atoms with Crippen molar-refractivity contribution in [3.8, 4) is 6.07 Å². The molecule has 0 radical (unpaired) electrons. The first-order valence-corrected chi connectivity index (χ1v) is 13.5. The molecule has 4 aromatic rings. The number of para-hydroxylation sites is 1. The lowest BCUT2D eigenvalue weighted by Gasteiger charge is -2.38. The molecule has 2 aromatic carbocycles. The lowest BCUT2D eigenvalue weighted by molar-refractivity contribution is 0.0691. The molecule has 0 saturated carbocycles. The second kappa shape index (κ2) is 11.0. The van der Waals surface area contributed by atoms with Gasteiger partial charge in [-0.2, -0.15) is 5.26 Å². The number of nitrogens with one attached hydrogen (secondary N) is 1. The highest BCUT2D eigenvalue weighted by Crippen LogP contribution is 2.32. The van der Waals surface area contributed by atoms with Crippen LogP contribution in [0.2, 0.25) is 5.15 Å². The van der Waals surface area contributed by atoms with Crippen LogP contribution in [0.5, 0.6) is 0 Å². The van der Waals surface area contributed by atoms with E-state index in [9.17, 15) is 15.2 Å². The number of rotatable bonds is 6. The number of benzene rings is 2. The monoisotopic (exact) mass is 555 g/mol. The molecule has 2 N–H and O–H groups in total. The molecule has 10 heteroatoms. The van der Waals surface area contributed by atoms with E-state index in [1.165, 1.54) is 16.8 Å². The van der Waals surface area contributed by atoms with Crippen LogP contribution in [0.15, 0.2) is 42.5 Å². The first-order chi connectivity index (χ1) is 19.2. The van der Waals surface area contributed by atoms with Crippen molar-refractivity contribution in [2.75, 3.05) is 41.3 Å². The van der Waals surface area contributed by atoms with Gasteiger partial charge in [-0.25, -0.2) is 19.7 Å². The lowest BCUT2D eigenvalue weighted by Crippen LogP contribution is -2.47. The fraction of sp³-hybridized carbons (Fsp3) is 0.300. The van der Waals surface area contributed by atoms with Crippen LogP contribution in [0.1, 0.15) is 51.4 Å². The van der Waals surface area contributed by atoms with Crippen molar-refractivity contribution < 1.29 is 9.90 Å². The van der Waals surface area contributed by atoms with Crippen molar-refractivity contribution in [2.24, 2.45) is 0 Å². The van der Waals surface area contributed by atoms with Gasteiger partial charge >= 0.3 is 5.97 Å². The molecule has 5 rings (SSSR count). The van der Waals surface area contributed by atoms with Gasteiger partial charge in [0.05, 0.1) is 22.8 Å². The largest absolute Gasteiger partial charge is 0.476 e. The molecule has 1 aliphatic rings. The number of aromatic carboxylic acids is 1. The van der Waals surface area contributed by atoms with E-state index in [0.717, 1.165) is 24.2 Å². The third kappa shape index (κ3) is 5.23. The minimum Gasteiger partial charge on any atom is -0.476 e. The molecule has 0 unspecified atom stereocenters. The third-order valence-electron chi connectivity index (χ3n) is 7.27. The van der Waals surface area contributed by atoms with Gasteiger partial charge < -0.3 is 20.2 Å². The maximum Gasteiger partial charge on any atom is 0.356 e. The number of hydrogen-bond donors (Lipinski definition) is 2. The Balaban J connectivity index is 1.49. The Morgan fingerprint density at radius 1 is 1.02 bits per heavy atom. The van der Waals surface area contributed by atoms with Crippen LogP contribution in [0.4, 0.5) is 17.2 Å². The molecule has 9 nitrogen and oxygen atoms in total. The van der Waals surface area contributed by atoms with Crippen LogP contribution < -0.4 is 15.1 Å². The predicted octanol–water partition coefficient (Wildman–Crippen LogP) is 5.67. The van der Waals surface area contributed by atoms with Crippen molar-refractivity contribution in [1.29, 1.82) is 5.26 Å². The number of halogens is 1. The molecule has 1 fully saturated rings. The Labute approximate surface area is 238 Å². The van der Waals surface area contributed by atoms with E-state index in [1.807, 2.05) is 26.0 Å². The highest BCUT2D eigenvalue weighted by molar-refractivity contribution is 6.29. The topological polar surface area (TPSA) is 118 Å². The van der Waals surface area contributed by atoms with Crippen LogP contribution in [0.25, 0.3) is 11.0 Å². The van der Waals surface area contributed by atoms with Crippen molar-refractivity contribution >= 4 is 45.8 Å². The van der Waals surface area contributed by atoms with Gasteiger partial charge in [0.2, 0.25) is 0 Å². The molecule has 2 aromatic heterocycles. The Hall–Kier alpha value is -4.42. The van der Waals surface area contributed by atoms with Gasteiger partial charge in [0.15, 0.2) is 17.2 Å². The summed E-state index contributed by atoms with van der Waals surface area (Å²) in [4.78, 5) is 30.0. The summed E-state index contributed by atoms with van der Waals surface area (Å²) in [5.41, 5.74) is 7.33. The lowest BCUT2D eigenvalue weighted by atomic mass is 10.0. The third-order valence-corrected chi connectivity index (χ3v) is 7.48. The van der Waals surface area contributed by atoms with E-state index in [4.69, 9.17) is 21.6 Å². The zero-order valence-electron chi connectivity index (χ0n) is 22.9. The minimum atomic E-state index is -1.17. The average molecular weight is 556 g/mol. The predicted molar refractivity (Wildman–Crippen MR) is 158 cm³/mol. The molecule has 3 heterocycles. The second-order valence-corrected chi connectivity index (χ2v) is 10.5. The number of nitrogens with zero attached hydrogens (tertiary/aromatic N) is 6. The zero-order valence-corrected chi connectivity index (χ0v) is 23.6. The number of aromatic nitrogens is 3. The fourth-order valence-electron chi connectivity index (χ4n) is 5.42.